The van der Waals surface area contributed by atoms with Gasteiger partial charge in [-0.1, -0.05) is 48.0 Å². The number of nitrogens with one attached hydrogen (secondary N) is 1. The quantitative estimate of drug-likeness (QED) is 0.205. The fourth-order valence-electron chi connectivity index (χ4n) is 5.20. The lowest BCUT2D eigenvalue weighted by atomic mass is 9.97. The van der Waals surface area contributed by atoms with Crippen LogP contribution in [0.4, 0.5) is 13.2 Å². The van der Waals surface area contributed by atoms with Crippen molar-refractivity contribution in [2.75, 3.05) is 0 Å². The lowest BCUT2D eigenvalue weighted by Gasteiger charge is -2.20. The maximum Gasteiger partial charge on any atom is 0.416 e. The first-order chi connectivity index (χ1) is 20.0. The van der Waals surface area contributed by atoms with Gasteiger partial charge in [-0.3, -0.25) is 9.48 Å². The standard InChI is InChI=1S/C32H23ClF3N3O3/c33-26-6-1-3-19(13-26)18-39-28-23(17-37-39)14-22(21-4-2-5-25(15-21)32(34,35)36)16-27(28)29(40)38-31(11-12-31)24-9-7-20(8-10-24)30(41)42/h1-10,13-17H,11-12,18H2,(H,38,40)(H,41,42). The Morgan fingerprint density at radius 2 is 1.69 bits per heavy atom. The van der Waals surface area contributed by atoms with Crippen LogP contribution in [0.25, 0.3) is 22.0 Å². The lowest BCUT2D eigenvalue weighted by Crippen LogP contribution is -2.35. The zero-order chi connectivity index (χ0) is 29.6. The summed E-state index contributed by atoms with van der Waals surface area (Å²) in [5.74, 6) is -1.46. The number of amides is 1. The number of fused-ring (bicyclic) bond motifs is 1. The molecule has 0 spiro atoms. The van der Waals surface area contributed by atoms with Crippen LogP contribution < -0.4 is 5.32 Å². The van der Waals surface area contributed by atoms with Crippen molar-refractivity contribution in [3.05, 3.63) is 124 Å². The highest BCUT2D eigenvalue weighted by Crippen LogP contribution is 2.46. The van der Waals surface area contributed by atoms with E-state index in [1.54, 1.807) is 53.3 Å². The van der Waals surface area contributed by atoms with Gasteiger partial charge in [-0.15, -0.1) is 0 Å². The van der Waals surface area contributed by atoms with E-state index in [2.05, 4.69) is 10.4 Å². The van der Waals surface area contributed by atoms with E-state index in [0.717, 1.165) is 23.3 Å². The van der Waals surface area contributed by atoms with Crippen LogP contribution in [0, 0.1) is 0 Å². The van der Waals surface area contributed by atoms with E-state index in [4.69, 9.17) is 11.6 Å². The minimum Gasteiger partial charge on any atom is -0.478 e. The molecule has 6 rings (SSSR count). The van der Waals surface area contributed by atoms with Crippen LogP contribution in [0.15, 0.2) is 91.1 Å². The van der Waals surface area contributed by atoms with E-state index in [9.17, 15) is 27.9 Å². The van der Waals surface area contributed by atoms with Gasteiger partial charge in [0.15, 0.2) is 0 Å². The molecule has 0 saturated heterocycles. The molecule has 0 bridgehead atoms. The molecule has 1 saturated carbocycles. The number of carbonyl (C=O) groups excluding carboxylic acids is 1. The molecule has 212 valence electrons. The predicted octanol–water partition coefficient (Wildman–Crippen LogP) is 7.54. The second kappa shape index (κ2) is 10.3. The number of carbonyl (C=O) groups is 2. The zero-order valence-electron chi connectivity index (χ0n) is 22.0. The Balaban J connectivity index is 1.43. The molecule has 2 N–H and O–H groups in total. The van der Waals surface area contributed by atoms with E-state index in [1.807, 2.05) is 12.1 Å². The van der Waals surface area contributed by atoms with Gasteiger partial charge in [-0.25, -0.2) is 4.79 Å². The van der Waals surface area contributed by atoms with Crippen molar-refractivity contribution < 1.29 is 27.9 Å². The van der Waals surface area contributed by atoms with Crippen LogP contribution in [0.1, 0.15) is 50.2 Å². The molecule has 1 fully saturated rings. The van der Waals surface area contributed by atoms with Crippen molar-refractivity contribution in [2.24, 2.45) is 0 Å². The summed E-state index contributed by atoms with van der Waals surface area (Å²) in [6.45, 7) is 0.315. The maximum atomic E-state index is 14.0. The number of rotatable bonds is 7. The number of hydrogen-bond acceptors (Lipinski definition) is 3. The molecule has 1 amide bonds. The first-order valence-corrected chi connectivity index (χ1v) is 13.5. The zero-order valence-corrected chi connectivity index (χ0v) is 22.7. The first kappa shape index (κ1) is 27.5. The Morgan fingerprint density at radius 1 is 0.952 bits per heavy atom. The fourth-order valence-corrected chi connectivity index (χ4v) is 5.42. The molecular weight excluding hydrogens is 567 g/mol. The Hall–Kier alpha value is -4.63. The third kappa shape index (κ3) is 5.35. The number of carboxylic acid groups (broad SMARTS) is 1. The van der Waals surface area contributed by atoms with Gasteiger partial charge in [-0.05, 0) is 83.6 Å². The van der Waals surface area contributed by atoms with Crippen LogP contribution in [-0.2, 0) is 18.3 Å². The monoisotopic (exact) mass is 589 g/mol. The third-order valence-electron chi connectivity index (χ3n) is 7.51. The molecule has 4 aromatic carbocycles. The predicted molar refractivity (Wildman–Crippen MR) is 153 cm³/mol. The normalized spacial score (nSPS) is 14.1. The second-order valence-corrected chi connectivity index (χ2v) is 10.8. The van der Waals surface area contributed by atoms with Gasteiger partial charge in [0.1, 0.15) is 0 Å². The number of hydrogen-bond donors (Lipinski definition) is 2. The van der Waals surface area contributed by atoms with Crippen LogP contribution in [0.5, 0.6) is 0 Å². The maximum absolute atomic E-state index is 14.0. The van der Waals surface area contributed by atoms with Gasteiger partial charge in [0.05, 0.1) is 40.5 Å². The summed E-state index contributed by atoms with van der Waals surface area (Å²) in [5.41, 5.74) is 1.85. The SMILES string of the molecule is O=C(O)c1ccc(C2(NC(=O)c3cc(-c4cccc(C(F)(F)F)c4)cc4cnn(Cc5cccc(Cl)c5)c34)CC2)cc1. The van der Waals surface area contributed by atoms with E-state index in [0.29, 0.717) is 46.4 Å². The molecule has 10 heteroatoms. The van der Waals surface area contributed by atoms with E-state index < -0.39 is 29.2 Å². The molecule has 0 aliphatic heterocycles. The highest BCUT2D eigenvalue weighted by atomic mass is 35.5. The molecule has 0 atom stereocenters. The Kier molecular flexibility index (Phi) is 6.77. The molecular formula is C32H23ClF3N3O3. The molecule has 0 unspecified atom stereocenters. The van der Waals surface area contributed by atoms with Crippen LogP contribution in [-0.4, -0.2) is 26.8 Å². The highest BCUT2D eigenvalue weighted by molar-refractivity contribution is 6.30. The molecule has 5 aromatic rings. The van der Waals surface area contributed by atoms with Gasteiger partial charge in [-0.2, -0.15) is 18.3 Å². The van der Waals surface area contributed by atoms with Crippen molar-refractivity contribution in [2.45, 2.75) is 31.1 Å². The number of nitrogens with zero attached hydrogens (tertiary/aromatic N) is 2. The number of benzene rings is 4. The molecule has 1 aliphatic rings. The molecule has 1 aromatic heterocycles. The molecule has 1 heterocycles. The molecule has 6 nitrogen and oxygen atoms in total. The first-order valence-electron chi connectivity index (χ1n) is 13.1. The highest BCUT2D eigenvalue weighted by Gasteiger charge is 2.46. The number of alkyl halides is 3. The summed E-state index contributed by atoms with van der Waals surface area (Å²) >= 11 is 6.18. The summed E-state index contributed by atoms with van der Waals surface area (Å²) in [6, 6.07) is 21.9. The summed E-state index contributed by atoms with van der Waals surface area (Å²) in [6.07, 6.45) is -1.62. The summed E-state index contributed by atoms with van der Waals surface area (Å²) < 4.78 is 42.1. The summed E-state index contributed by atoms with van der Waals surface area (Å²) in [7, 11) is 0. The van der Waals surface area contributed by atoms with Gasteiger partial charge >= 0.3 is 12.1 Å². The Labute approximate surface area is 243 Å². The van der Waals surface area contributed by atoms with Crippen molar-refractivity contribution in [1.29, 1.82) is 0 Å². The lowest BCUT2D eigenvalue weighted by molar-refractivity contribution is -0.137. The smallest absolute Gasteiger partial charge is 0.416 e. The molecule has 0 radical (unpaired) electrons. The topological polar surface area (TPSA) is 84.2 Å². The number of halogens is 4. The number of aromatic carboxylic acids is 1. The molecule has 42 heavy (non-hydrogen) atoms. The van der Waals surface area contributed by atoms with Crippen LogP contribution in [0.3, 0.4) is 0 Å². The second-order valence-electron chi connectivity index (χ2n) is 10.4. The van der Waals surface area contributed by atoms with Gasteiger partial charge in [0.2, 0.25) is 0 Å². The van der Waals surface area contributed by atoms with Crippen molar-refractivity contribution in [3.8, 4) is 11.1 Å². The number of carboxylic acids is 1. The minimum atomic E-state index is -4.52. The van der Waals surface area contributed by atoms with Crippen molar-refractivity contribution in [1.82, 2.24) is 15.1 Å². The summed E-state index contributed by atoms with van der Waals surface area (Å²) in [4.78, 5) is 25.3. The van der Waals surface area contributed by atoms with E-state index >= 15 is 0 Å². The Morgan fingerprint density at radius 3 is 2.36 bits per heavy atom. The third-order valence-corrected chi connectivity index (χ3v) is 7.75. The fraction of sp³-hybridized carbons (Fsp3) is 0.156. The minimum absolute atomic E-state index is 0.140. The average Bonchev–Trinajstić information content (AvgIpc) is 3.64. The van der Waals surface area contributed by atoms with Crippen LogP contribution in [0.2, 0.25) is 5.02 Å². The van der Waals surface area contributed by atoms with Crippen LogP contribution >= 0.6 is 11.6 Å². The van der Waals surface area contributed by atoms with E-state index in [1.165, 1.54) is 18.2 Å². The average molecular weight is 590 g/mol. The van der Waals surface area contributed by atoms with E-state index in [-0.39, 0.29) is 11.1 Å². The summed E-state index contributed by atoms with van der Waals surface area (Å²) in [5, 5.41) is 18.0. The Bertz CT molecular complexity index is 1840. The van der Waals surface area contributed by atoms with Crippen molar-refractivity contribution in [3.63, 3.8) is 0 Å². The van der Waals surface area contributed by atoms with Gasteiger partial charge in [0, 0.05) is 10.4 Å². The van der Waals surface area contributed by atoms with Gasteiger partial charge < -0.3 is 10.4 Å². The number of aromatic nitrogens is 2. The van der Waals surface area contributed by atoms with Crippen molar-refractivity contribution >= 4 is 34.4 Å². The molecule has 1 aliphatic carbocycles. The largest absolute Gasteiger partial charge is 0.478 e. The van der Waals surface area contributed by atoms with Gasteiger partial charge in [0.25, 0.3) is 5.91 Å².